The lowest BCUT2D eigenvalue weighted by Gasteiger charge is -2.36. The van der Waals surface area contributed by atoms with Gasteiger partial charge in [0, 0.05) is 12.0 Å². The van der Waals surface area contributed by atoms with Gasteiger partial charge < -0.3 is 14.9 Å². The first-order valence-electron chi connectivity index (χ1n) is 5.70. The molecule has 0 saturated carbocycles. The zero-order valence-corrected chi connectivity index (χ0v) is 9.72. The summed E-state index contributed by atoms with van der Waals surface area (Å²) in [6.07, 6.45) is -0.0512. The van der Waals surface area contributed by atoms with Crippen LogP contribution in [0.2, 0.25) is 0 Å². The van der Waals surface area contributed by atoms with Crippen molar-refractivity contribution in [1.29, 1.82) is 0 Å². The summed E-state index contributed by atoms with van der Waals surface area (Å²) in [5, 5.41) is 19.1. The molecule has 17 heavy (non-hydrogen) atoms. The molecule has 1 heterocycles. The molecule has 0 aromatic heterocycles. The van der Waals surface area contributed by atoms with Gasteiger partial charge in [0.05, 0.1) is 12.7 Å². The van der Waals surface area contributed by atoms with E-state index in [0.717, 1.165) is 0 Å². The number of ether oxygens (including phenoxy) is 1. The number of carboxylic acids is 1. The maximum absolute atomic E-state index is 11.6. The number of aliphatic carboxylic acids is 1. The molecule has 2 atom stereocenters. The molecule has 2 rings (SSSR count). The van der Waals surface area contributed by atoms with Crippen molar-refractivity contribution in [1.82, 2.24) is 0 Å². The van der Waals surface area contributed by atoms with E-state index in [0.29, 0.717) is 24.3 Å². The number of hydrogen-bond acceptors (Lipinski definition) is 3. The smallest absolute Gasteiger partial charge is 0.314 e. The van der Waals surface area contributed by atoms with Crippen LogP contribution in [0.4, 0.5) is 0 Å². The summed E-state index contributed by atoms with van der Waals surface area (Å²) < 4.78 is 5.47. The van der Waals surface area contributed by atoms with Gasteiger partial charge in [-0.3, -0.25) is 4.79 Å². The van der Waals surface area contributed by atoms with Crippen LogP contribution >= 0.6 is 0 Å². The molecule has 92 valence electrons. The van der Waals surface area contributed by atoms with Gasteiger partial charge in [-0.1, -0.05) is 18.2 Å². The van der Waals surface area contributed by atoms with Crippen LogP contribution < -0.4 is 4.74 Å². The number of carboxylic acid groups (broad SMARTS) is 1. The molecule has 1 aromatic carbocycles. The molecule has 4 heteroatoms. The first-order valence-corrected chi connectivity index (χ1v) is 5.70. The van der Waals surface area contributed by atoms with Gasteiger partial charge in [0.25, 0.3) is 0 Å². The van der Waals surface area contributed by atoms with E-state index >= 15 is 0 Å². The second-order valence-electron chi connectivity index (χ2n) is 4.54. The second-order valence-corrected chi connectivity index (χ2v) is 4.54. The van der Waals surface area contributed by atoms with Crippen LogP contribution in [0, 0.1) is 0 Å². The average Bonchev–Trinajstić information content (AvgIpc) is 2.28. The quantitative estimate of drug-likeness (QED) is 0.835. The van der Waals surface area contributed by atoms with Crippen LogP contribution in [0.25, 0.3) is 0 Å². The molecule has 0 amide bonds. The predicted molar refractivity (Wildman–Crippen MR) is 62.2 cm³/mol. The Kier molecular flexibility index (Phi) is 3.07. The van der Waals surface area contributed by atoms with Crippen molar-refractivity contribution in [3.8, 4) is 5.75 Å². The lowest BCUT2D eigenvalue weighted by Crippen LogP contribution is -2.42. The van der Waals surface area contributed by atoms with Crippen LogP contribution in [0.15, 0.2) is 24.3 Å². The van der Waals surface area contributed by atoms with Gasteiger partial charge in [-0.15, -0.1) is 0 Å². The number of hydrogen-bond donors (Lipinski definition) is 2. The zero-order chi connectivity index (χ0) is 12.5. The predicted octanol–water partition coefficient (Wildman–Crippen LogP) is 1.56. The molecule has 2 unspecified atom stereocenters. The Morgan fingerprint density at radius 3 is 2.88 bits per heavy atom. The highest BCUT2D eigenvalue weighted by atomic mass is 16.5. The Morgan fingerprint density at radius 1 is 1.53 bits per heavy atom. The summed E-state index contributed by atoms with van der Waals surface area (Å²) in [5.41, 5.74) is -0.358. The minimum atomic E-state index is -1.02. The van der Waals surface area contributed by atoms with E-state index < -0.39 is 17.5 Å². The molecule has 2 N–H and O–H groups in total. The fraction of sp³-hybridized carbons (Fsp3) is 0.462. The van der Waals surface area contributed by atoms with Gasteiger partial charge in [-0.25, -0.2) is 0 Å². The van der Waals surface area contributed by atoms with Gasteiger partial charge >= 0.3 is 5.97 Å². The number of carbonyl (C=O) groups is 1. The molecule has 0 aliphatic carbocycles. The van der Waals surface area contributed by atoms with Crippen LogP contribution in [0.3, 0.4) is 0 Å². The van der Waals surface area contributed by atoms with E-state index in [1.807, 2.05) is 6.07 Å². The van der Waals surface area contributed by atoms with Crippen molar-refractivity contribution in [2.45, 2.75) is 31.3 Å². The van der Waals surface area contributed by atoms with Gasteiger partial charge in [0.1, 0.15) is 11.2 Å². The fourth-order valence-corrected chi connectivity index (χ4v) is 2.48. The first kappa shape index (κ1) is 11.9. The van der Waals surface area contributed by atoms with Gasteiger partial charge in [-0.2, -0.15) is 0 Å². The summed E-state index contributed by atoms with van der Waals surface area (Å²) in [6.45, 7) is 1.98. The number of para-hydroxylation sites is 1. The number of fused-ring (bicyclic) bond motifs is 1. The zero-order valence-electron chi connectivity index (χ0n) is 9.72. The monoisotopic (exact) mass is 236 g/mol. The highest BCUT2D eigenvalue weighted by molar-refractivity contribution is 5.83. The minimum absolute atomic E-state index is 0.211. The van der Waals surface area contributed by atoms with E-state index in [9.17, 15) is 15.0 Å². The second kappa shape index (κ2) is 4.37. The van der Waals surface area contributed by atoms with E-state index in [2.05, 4.69) is 0 Å². The number of rotatable bonds is 3. The maximum atomic E-state index is 11.6. The van der Waals surface area contributed by atoms with E-state index in [1.54, 1.807) is 25.1 Å². The number of aliphatic hydroxyl groups excluding tert-OH is 1. The highest BCUT2D eigenvalue weighted by Gasteiger charge is 2.45. The lowest BCUT2D eigenvalue weighted by atomic mass is 9.72. The van der Waals surface area contributed by atoms with Crippen molar-refractivity contribution < 1.29 is 19.7 Å². The topological polar surface area (TPSA) is 66.8 Å². The van der Waals surface area contributed by atoms with E-state index in [4.69, 9.17) is 4.74 Å². The van der Waals surface area contributed by atoms with Crippen molar-refractivity contribution in [2.75, 3.05) is 6.61 Å². The summed E-state index contributed by atoms with van der Waals surface area (Å²) in [6, 6.07) is 7.16. The molecule has 0 bridgehead atoms. The SMILES string of the molecule is CC(O)CC1(C(=O)O)CCOc2ccccc21. The largest absolute Gasteiger partial charge is 0.493 e. The van der Waals surface area contributed by atoms with Crippen molar-refractivity contribution in [3.05, 3.63) is 29.8 Å². The van der Waals surface area contributed by atoms with Crippen LogP contribution in [0.5, 0.6) is 5.75 Å². The fourth-order valence-electron chi connectivity index (χ4n) is 2.48. The number of aliphatic hydroxyl groups is 1. The molecular weight excluding hydrogens is 220 g/mol. The van der Waals surface area contributed by atoms with E-state index in [-0.39, 0.29) is 6.42 Å². The molecule has 0 radical (unpaired) electrons. The Bertz CT molecular complexity index is 427. The molecule has 0 saturated heterocycles. The van der Waals surface area contributed by atoms with Gasteiger partial charge in [0.15, 0.2) is 0 Å². The van der Waals surface area contributed by atoms with Crippen molar-refractivity contribution in [3.63, 3.8) is 0 Å². The first-order chi connectivity index (χ1) is 8.06. The molecule has 4 nitrogen and oxygen atoms in total. The third kappa shape index (κ3) is 2.00. The molecule has 1 aliphatic rings. The molecule has 1 aliphatic heterocycles. The molecule has 0 fully saturated rings. The summed E-state index contributed by atoms with van der Waals surface area (Å²) in [5.74, 6) is -0.282. The third-order valence-corrected chi connectivity index (χ3v) is 3.24. The van der Waals surface area contributed by atoms with Gasteiger partial charge in [0.2, 0.25) is 0 Å². The normalized spacial score (nSPS) is 24.6. The Hall–Kier alpha value is -1.55. The lowest BCUT2D eigenvalue weighted by molar-refractivity contribution is -0.146. The summed E-state index contributed by atoms with van der Waals surface area (Å²) in [7, 11) is 0. The van der Waals surface area contributed by atoms with Crippen molar-refractivity contribution in [2.24, 2.45) is 0 Å². The summed E-state index contributed by atoms with van der Waals surface area (Å²) >= 11 is 0. The van der Waals surface area contributed by atoms with Crippen molar-refractivity contribution >= 4 is 5.97 Å². The molecule has 1 aromatic rings. The standard InChI is InChI=1S/C13H16O4/c1-9(14)8-13(12(15)16)6-7-17-11-5-3-2-4-10(11)13/h2-5,9,14H,6-8H2,1H3,(H,15,16). The highest BCUT2D eigenvalue weighted by Crippen LogP contribution is 2.42. The number of benzene rings is 1. The van der Waals surface area contributed by atoms with Crippen LogP contribution in [-0.4, -0.2) is 28.9 Å². The minimum Gasteiger partial charge on any atom is -0.493 e. The molecular formula is C13H16O4. The Labute approximate surface area is 99.8 Å². The third-order valence-electron chi connectivity index (χ3n) is 3.24. The Balaban J connectivity index is 2.51. The Morgan fingerprint density at radius 2 is 2.24 bits per heavy atom. The van der Waals surface area contributed by atoms with E-state index in [1.165, 1.54) is 0 Å². The maximum Gasteiger partial charge on any atom is 0.314 e. The van der Waals surface area contributed by atoms with Crippen LogP contribution in [0.1, 0.15) is 25.3 Å². The average molecular weight is 236 g/mol. The van der Waals surface area contributed by atoms with Gasteiger partial charge in [-0.05, 0) is 19.4 Å². The molecule has 0 spiro atoms. The summed E-state index contributed by atoms with van der Waals surface area (Å²) in [4.78, 5) is 11.6. The van der Waals surface area contributed by atoms with Crippen LogP contribution in [-0.2, 0) is 10.2 Å².